The molecule has 0 saturated heterocycles. The molecule has 1 aliphatic rings. The molecule has 130 valence electrons. The Balaban J connectivity index is 1.79. The molecule has 0 amide bonds. The standard InChI is InChI=1S/C25H20N2/c1-16-8-7-12-21-25(16)20-14-19-18-11-5-6-13-23(18)27(17-9-3-2-4-10-17)24(19)15-22(20)26-21/h2-7,9-16,26H,8H2,1H3. The maximum atomic E-state index is 3.66. The van der Waals surface area contributed by atoms with Crippen molar-refractivity contribution in [3.8, 4) is 5.69 Å². The molecule has 0 saturated carbocycles. The van der Waals surface area contributed by atoms with Gasteiger partial charge in [-0.2, -0.15) is 0 Å². The molecule has 0 spiro atoms. The highest BCUT2D eigenvalue weighted by atomic mass is 15.0. The molecule has 2 heteroatoms. The molecular weight excluding hydrogens is 328 g/mol. The van der Waals surface area contributed by atoms with Gasteiger partial charge in [0, 0.05) is 33.1 Å². The summed E-state index contributed by atoms with van der Waals surface area (Å²) in [5, 5.41) is 4.00. The minimum absolute atomic E-state index is 0.554. The SMILES string of the molecule is CC1CC=Cc2[nH]c3cc4c(cc3c21)c1ccccc1n4-c1ccccc1. The summed E-state index contributed by atoms with van der Waals surface area (Å²) < 4.78 is 2.38. The third-order valence-electron chi connectivity index (χ3n) is 5.94. The van der Waals surface area contributed by atoms with Gasteiger partial charge in [0.15, 0.2) is 0 Å². The number of rotatable bonds is 1. The predicted octanol–water partition coefficient (Wildman–Crippen LogP) is 6.79. The fourth-order valence-electron chi connectivity index (χ4n) is 4.72. The first kappa shape index (κ1) is 14.9. The van der Waals surface area contributed by atoms with Gasteiger partial charge in [-0.3, -0.25) is 0 Å². The number of fused-ring (bicyclic) bond motifs is 6. The Morgan fingerprint density at radius 2 is 1.67 bits per heavy atom. The first-order chi connectivity index (χ1) is 13.3. The van der Waals surface area contributed by atoms with Gasteiger partial charge in [0.2, 0.25) is 0 Å². The van der Waals surface area contributed by atoms with E-state index in [2.05, 4.69) is 95.4 Å². The first-order valence-corrected chi connectivity index (χ1v) is 9.62. The number of aromatic nitrogens is 2. The fourth-order valence-corrected chi connectivity index (χ4v) is 4.72. The Bertz CT molecular complexity index is 1350. The van der Waals surface area contributed by atoms with Crippen LogP contribution >= 0.6 is 0 Å². The summed E-state index contributed by atoms with van der Waals surface area (Å²) in [5.74, 6) is 0.554. The highest BCUT2D eigenvalue weighted by Crippen LogP contribution is 2.40. The number of hydrogen-bond acceptors (Lipinski definition) is 0. The number of hydrogen-bond donors (Lipinski definition) is 1. The van der Waals surface area contributed by atoms with Crippen LogP contribution in [0.4, 0.5) is 0 Å². The van der Waals surface area contributed by atoms with Crippen LogP contribution in [0.15, 0.2) is 72.8 Å². The molecule has 6 rings (SSSR count). The summed E-state index contributed by atoms with van der Waals surface area (Å²) in [6, 6.07) is 24.1. The van der Waals surface area contributed by atoms with E-state index in [1.165, 1.54) is 49.7 Å². The van der Waals surface area contributed by atoms with Crippen LogP contribution < -0.4 is 0 Å². The minimum Gasteiger partial charge on any atom is -0.355 e. The van der Waals surface area contributed by atoms with E-state index < -0.39 is 0 Å². The van der Waals surface area contributed by atoms with Gasteiger partial charge >= 0.3 is 0 Å². The van der Waals surface area contributed by atoms with Crippen LogP contribution in [0.3, 0.4) is 0 Å². The zero-order valence-corrected chi connectivity index (χ0v) is 15.2. The molecule has 0 fully saturated rings. The lowest BCUT2D eigenvalue weighted by molar-refractivity contribution is 0.778. The summed E-state index contributed by atoms with van der Waals surface area (Å²) >= 11 is 0. The molecule has 27 heavy (non-hydrogen) atoms. The van der Waals surface area contributed by atoms with Crippen molar-refractivity contribution in [2.24, 2.45) is 0 Å². The van der Waals surface area contributed by atoms with E-state index in [0.717, 1.165) is 6.42 Å². The van der Waals surface area contributed by atoms with Crippen LogP contribution in [0, 0.1) is 0 Å². The average Bonchev–Trinajstić information content (AvgIpc) is 3.22. The second-order valence-electron chi connectivity index (χ2n) is 7.59. The smallest absolute Gasteiger partial charge is 0.0562 e. The largest absolute Gasteiger partial charge is 0.355 e. The highest BCUT2D eigenvalue weighted by Gasteiger charge is 2.20. The molecule has 1 aliphatic carbocycles. The lowest BCUT2D eigenvalue weighted by atomic mass is 9.90. The fraction of sp³-hybridized carbons (Fsp3) is 0.120. The van der Waals surface area contributed by atoms with E-state index in [0.29, 0.717) is 5.92 Å². The Morgan fingerprint density at radius 1 is 0.852 bits per heavy atom. The zero-order chi connectivity index (χ0) is 18.0. The van der Waals surface area contributed by atoms with E-state index in [9.17, 15) is 0 Å². The van der Waals surface area contributed by atoms with Gasteiger partial charge in [0.05, 0.1) is 11.0 Å². The van der Waals surface area contributed by atoms with Crippen LogP contribution in [0.1, 0.15) is 30.5 Å². The van der Waals surface area contributed by atoms with Gasteiger partial charge in [-0.25, -0.2) is 0 Å². The summed E-state index contributed by atoms with van der Waals surface area (Å²) in [6.07, 6.45) is 5.63. The molecule has 1 atom stereocenters. The summed E-state index contributed by atoms with van der Waals surface area (Å²) in [6.45, 7) is 2.33. The molecule has 2 heterocycles. The lowest BCUT2D eigenvalue weighted by Crippen LogP contribution is -1.97. The Hall–Kier alpha value is -3.26. The van der Waals surface area contributed by atoms with E-state index in [4.69, 9.17) is 0 Å². The lowest BCUT2D eigenvalue weighted by Gasteiger charge is -2.14. The maximum absolute atomic E-state index is 3.66. The molecule has 1 N–H and O–H groups in total. The van der Waals surface area contributed by atoms with Crippen molar-refractivity contribution >= 4 is 38.8 Å². The Morgan fingerprint density at radius 3 is 2.56 bits per heavy atom. The average molecular weight is 348 g/mol. The van der Waals surface area contributed by atoms with Crippen LogP contribution in [0.2, 0.25) is 0 Å². The van der Waals surface area contributed by atoms with Crippen molar-refractivity contribution in [1.82, 2.24) is 9.55 Å². The van der Waals surface area contributed by atoms with Crippen molar-refractivity contribution in [3.63, 3.8) is 0 Å². The number of nitrogens with one attached hydrogen (secondary N) is 1. The number of allylic oxidation sites excluding steroid dienone is 1. The normalized spacial score (nSPS) is 16.4. The minimum atomic E-state index is 0.554. The molecule has 1 unspecified atom stereocenters. The number of nitrogens with zero attached hydrogens (tertiary/aromatic N) is 1. The summed E-state index contributed by atoms with van der Waals surface area (Å²) in [5.41, 5.74) is 7.68. The van der Waals surface area contributed by atoms with Gasteiger partial charge in [0.1, 0.15) is 0 Å². The summed E-state index contributed by atoms with van der Waals surface area (Å²) in [7, 11) is 0. The molecule has 0 bridgehead atoms. The zero-order valence-electron chi connectivity index (χ0n) is 15.2. The molecule has 5 aromatic rings. The van der Waals surface area contributed by atoms with Crippen molar-refractivity contribution in [3.05, 3.63) is 84.1 Å². The first-order valence-electron chi connectivity index (χ1n) is 9.62. The van der Waals surface area contributed by atoms with Crippen LogP contribution in [-0.2, 0) is 0 Å². The van der Waals surface area contributed by atoms with Crippen LogP contribution in [-0.4, -0.2) is 9.55 Å². The molecule has 0 aliphatic heterocycles. The topological polar surface area (TPSA) is 20.7 Å². The maximum Gasteiger partial charge on any atom is 0.0562 e. The monoisotopic (exact) mass is 348 g/mol. The predicted molar refractivity (Wildman–Crippen MR) is 115 cm³/mol. The molecule has 3 aromatic carbocycles. The van der Waals surface area contributed by atoms with Crippen LogP contribution in [0.5, 0.6) is 0 Å². The van der Waals surface area contributed by atoms with Gasteiger partial charge in [-0.1, -0.05) is 49.4 Å². The Kier molecular flexibility index (Phi) is 2.96. The van der Waals surface area contributed by atoms with E-state index in [-0.39, 0.29) is 0 Å². The molecule has 2 aromatic heterocycles. The Labute approximate surface area is 157 Å². The third-order valence-corrected chi connectivity index (χ3v) is 5.94. The third kappa shape index (κ3) is 2.01. The highest BCUT2D eigenvalue weighted by molar-refractivity contribution is 6.14. The van der Waals surface area contributed by atoms with Crippen LogP contribution in [0.25, 0.3) is 44.5 Å². The molecule has 2 nitrogen and oxygen atoms in total. The van der Waals surface area contributed by atoms with Gasteiger partial charge in [-0.15, -0.1) is 0 Å². The number of para-hydroxylation sites is 2. The quantitative estimate of drug-likeness (QED) is 0.344. The van der Waals surface area contributed by atoms with Gasteiger partial charge in [-0.05, 0) is 54.3 Å². The van der Waals surface area contributed by atoms with Crippen molar-refractivity contribution in [2.75, 3.05) is 0 Å². The van der Waals surface area contributed by atoms with E-state index >= 15 is 0 Å². The summed E-state index contributed by atoms with van der Waals surface area (Å²) in [4.78, 5) is 3.66. The number of aromatic amines is 1. The molecule has 0 radical (unpaired) electrons. The second-order valence-corrected chi connectivity index (χ2v) is 7.59. The van der Waals surface area contributed by atoms with E-state index in [1.807, 2.05) is 0 Å². The van der Waals surface area contributed by atoms with Crippen molar-refractivity contribution in [2.45, 2.75) is 19.3 Å². The van der Waals surface area contributed by atoms with E-state index in [1.54, 1.807) is 0 Å². The van der Waals surface area contributed by atoms with Crippen molar-refractivity contribution < 1.29 is 0 Å². The van der Waals surface area contributed by atoms with Gasteiger partial charge < -0.3 is 9.55 Å². The van der Waals surface area contributed by atoms with Gasteiger partial charge in [0.25, 0.3) is 0 Å². The number of H-pyrrole nitrogens is 1. The van der Waals surface area contributed by atoms with Crippen molar-refractivity contribution in [1.29, 1.82) is 0 Å². The molecular formula is C25H20N2. The second kappa shape index (κ2) is 5.37. The number of benzene rings is 3.